The highest BCUT2D eigenvalue weighted by Gasteiger charge is 2.57. The fourth-order valence-electron chi connectivity index (χ4n) is 8.02. The summed E-state index contributed by atoms with van der Waals surface area (Å²) in [7, 11) is 0.807. The van der Waals surface area contributed by atoms with Gasteiger partial charge in [0.1, 0.15) is 29.5 Å². The van der Waals surface area contributed by atoms with Crippen molar-refractivity contribution < 1.29 is 82.8 Å². The molecule has 17 nitrogen and oxygen atoms in total. The Balaban J connectivity index is 1.33. The van der Waals surface area contributed by atoms with E-state index in [1.807, 2.05) is 16.8 Å². The molecular formula is C48H51F10N9O8. The van der Waals surface area contributed by atoms with E-state index in [9.17, 15) is 64.5 Å². The molecule has 4 heterocycles. The van der Waals surface area contributed by atoms with Gasteiger partial charge < -0.3 is 40.5 Å². The molecule has 2 aliphatic heterocycles. The van der Waals surface area contributed by atoms with Crippen molar-refractivity contribution in [1.82, 2.24) is 41.1 Å². The number of benzene rings is 2. The largest absolute Gasteiger partial charge is 0.465 e. The lowest BCUT2D eigenvalue weighted by atomic mass is 9.78. The number of nitrogens with one attached hydrogen (secondary N) is 4. The van der Waals surface area contributed by atoms with Gasteiger partial charge >= 0.3 is 31.1 Å². The number of amides is 4. The number of carboxylic acid groups (broad SMARTS) is 1. The van der Waals surface area contributed by atoms with Crippen molar-refractivity contribution in [2.24, 2.45) is 16.2 Å². The van der Waals surface area contributed by atoms with Crippen LogP contribution in [-0.4, -0.2) is 131 Å². The van der Waals surface area contributed by atoms with Gasteiger partial charge in [-0.1, -0.05) is 24.0 Å². The quantitative estimate of drug-likeness (QED) is 0.0368. The van der Waals surface area contributed by atoms with E-state index in [2.05, 4.69) is 36.9 Å². The van der Waals surface area contributed by atoms with Gasteiger partial charge in [-0.25, -0.2) is 33.0 Å². The molecule has 27 heteroatoms. The van der Waals surface area contributed by atoms with E-state index in [4.69, 9.17) is 4.74 Å². The molecule has 0 radical (unpaired) electrons. The number of carbonyl (C=O) groups is 4. The number of halogens is 10. The number of ether oxygens (including phenoxy) is 2. The first-order valence-corrected chi connectivity index (χ1v) is 22.6. The molecule has 4 atom stereocenters. The standard InChI is InChI=1S/C48H51F10N9O8/c1-44(2,47(53,54)55)37(63-43(73)74-5)39(69)61-34(14-27-9-6-26(7-10-27)8-11-28-12-13-36(59-17-28)65-22-46(23-65)24-75-25-46)35(68)21-66(64-40(70)38(62-42(71)72)45(3,4)48(56,57)58)20-31-32(49)15-29(16-33(31)50)30-18-60-67(19-30)41(51)52/h6-7,9-10,12-13,15-19,34-35,37-38,41,62,68H,14,20-25H2,1-5H3,(H,61,69)(H,63,73)(H,64,70)(H,71,72). The molecule has 75 heavy (non-hydrogen) atoms. The maximum absolute atomic E-state index is 15.9. The van der Waals surface area contributed by atoms with Crippen LogP contribution in [0.2, 0.25) is 0 Å². The van der Waals surface area contributed by atoms with Crippen LogP contribution in [0.3, 0.4) is 0 Å². The lowest BCUT2D eigenvalue weighted by Crippen LogP contribution is -2.66. The van der Waals surface area contributed by atoms with E-state index in [0.717, 1.165) is 38.4 Å². The van der Waals surface area contributed by atoms with E-state index in [1.54, 1.807) is 12.3 Å². The summed E-state index contributed by atoms with van der Waals surface area (Å²) < 4.78 is 155. The van der Waals surface area contributed by atoms with Crippen LogP contribution in [0.5, 0.6) is 0 Å². The number of aliphatic hydroxyl groups excluding tert-OH is 1. The van der Waals surface area contributed by atoms with Crippen molar-refractivity contribution >= 4 is 29.8 Å². The van der Waals surface area contributed by atoms with E-state index in [1.165, 1.54) is 29.6 Å². The van der Waals surface area contributed by atoms with Crippen molar-refractivity contribution in [3.63, 3.8) is 0 Å². The fraction of sp³-hybridized carbons (Fsp3) is 0.458. The van der Waals surface area contributed by atoms with Crippen LogP contribution in [0.4, 0.5) is 59.3 Å². The number of hydrogen-bond donors (Lipinski definition) is 6. The summed E-state index contributed by atoms with van der Waals surface area (Å²) in [6, 6.07) is 3.93. The molecule has 2 aromatic heterocycles. The second-order valence-corrected chi connectivity index (χ2v) is 19.2. The number of nitrogens with zero attached hydrogens (tertiary/aromatic N) is 5. The average molecular weight is 1070 g/mol. The Bertz CT molecular complexity index is 2750. The minimum atomic E-state index is -5.28. The second-order valence-electron chi connectivity index (χ2n) is 19.2. The molecule has 1 spiro atoms. The molecule has 4 aromatic rings. The maximum atomic E-state index is 15.9. The zero-order chi connectivity index (χ0) is 55.4. The molecule has 2 aromatic carbocycles. The number of hydrazine groups is 1. The van der Waals surface area contributed by atoms with E-state index in [-0.39, 0.29) is 26.8 Å². The molecule has 6 N–H and O–H groups in total. The molecule has 4 amide bonds. The summed E-state index contributed by atoms with van der Waals surface area (Å²) in [6.45, 7) is -0.325. The summed E-state index contributed by atoms with van der Waals surface area (Å²) in [5.74, 6) is 0.489. The number of pyridine rings is 1. The number of aromatic nitrogens is 3. The molecule has 406 valence electrons. The molecule has 0 saturated carbocycles. The van der Waals surface area contributed by atoms with Crippen LogP contribution in [0.15, 0.2) is 67.1 Å². The van der Waals surface area contributed by atoms with Crippen molar-refractivity contribution in [1.29, 1.82) is 0 Å². The number of carbonyl (C=O) groups excluding carboxylic acids is 3. The van der Waals surface area contributed by atoms with Gasteiger partial charge in [-0.2, -0.15) is 40.2 Å². The molecule has 2 fully saturated rings. The van der Waals surface area contributed by atoms with Crippen LogP contribution in [0.25, 0.3) is 11.1 Å². The number of alkyl halides is 8. The Labute approximate surface area is 421 Å². The van der Waals surface area contributed by atoms with E-state index < -0.39 is 115 Å². The predicted molar refractivity (Wildman–Crippen MR) is 245 cm³/mol. The van der Waals surface area contributed by atoms with Gasteiger partial charge in [0.05, 0.1) is 54.9 Å². The van der Waals surface area contributed by atoms with Crippen LogP contribution >= 0.6 is 0 Å². The Morgan fingerprint density at radius 3 is 1.89 bits per heavy atom. The minimum Gasteiger partial charge on any atom is -0.465 e. The molecular weight excluding hydrogens is 1020 g/mol. The molecule has 4 unspecified atom stereocenters. The number of hydrogen-bond acceptors (Lipinski definition) is 11. The number of alkyl carbamates (subject to hydrolysis) is 1. The van der Waals surface area contributed by atoms with Gasteiger partial charge in [0.2, 0.25) is 5.91 Å². The van der Waals surface area contributed by atoms with Crippen molar-refractivity contribution in [3.8, 4) is 23.0 Å². The van der Waals surface area contributed by atoms with Gasteiger partial charge in [-0.3, -0.25) is 15.0 Å². The first-order chi connectivity index (χ1) is 34.9. The highest BCUT2D eigenvalue weighted by Crippen LogP contribution is 2.42. The smallest absolute Gasteiger partial charge is 0.407 e. The highest BCUT2D eigenvalue weighted by molar-refractivity contribution is 5.87. The van der Waals surface area contributed by atoms with Gasteiger partial charge in [0.25, 0.3) is 5.91 Å². The lowest BCUT2D eigenvalue weighted by Gasteiger charge is -2.55. The Morgan fingerprint density at radius 1 is 0.827 bits per heavy atom. The first-order valence-electron chi connectivity index (χ1n) is 22.6. The Hall–Kier alpha value is -7.18. The monoisotopic (exact) mass is 1070 g/mol. The lowest BCUT2D eigenvalue weighted by molar-refractivity contribution is -0.221. The van der Waals surface area contributed by atoms with Gasteiger partial charge in [0, 0.05) is 60.8 Å². The second kappa shape index (κ2) is 22.3. The van der Waals surface area contributed by atoms with Crippen LogP contribution in [-0.2, 0) is 32.0 Å². The summed E-state index contributed by atoms with van der Waals surface area (Å²) in [5.41, 5.74) is -4.34. The predicted octanol–water partition coefficient (Wildman–Crippen LogP) is 6.31. The van der Waals surface area contributed by atoms with Gasteiger partial charge in [0.15, 0.2) is 0 Å². The topological polar surface area (TPSA) is 213 Å². The first kappa shape index (κ1) is 57.1. The average Bonchev–Trinajstić information content (AvgIpc) is 3.80. The van der Waals surface area contributed by atoms with E-state index in [0.29, 0.717) is 69.2 Å². The molecule has 2 aliphatic rings. The van der Waals surface area contributed by atoms with E-state index >= 15 is 8.78 Å². The van der Waals surface area contributed by atoms with Crippen molar-refractivity contribution in [3.05, 3.63) is 101 Å². The fourth-order valence-corrected chi connectivity index (χ4v) is 8.02. The summed E-state index contributed by atoms with van der Waals surface area (Å²) in [6.07, 6.45) is -13.5. The SMILES string of the molecule is COC(=O)NC(C(=O)NC(Cc1ccc(C#Cc2ccc(N3CC4(COC4)C3)nc2)cc1)C(O)CN(Cc1c(F)cc(-c2cnn(C(F)F)c2)cc1F)NC(=O)C(NC(=O)O)C(C)(C)C(F)(F)F)C(C)(C)C(F)(F)F. The Kier molecular flexibility index (Phi) is 17.0. The number of anilines is 1. The normalized spacial score (nSPS) is 16.2. The van der Waals surface area contributed by atoms with Crippen molar-refractivity contribution in [2.45, 2.75) is 83.8 Å². The van der Waals surface area contributed by atoms with Crippen LogP contribution < -0.4 is 26.3 Å². The summed E-state index contributed by atoms with van der Waals surface area (Å²) in [4.78, 5) is 58.4. The number of rotatable bonds is 18. The third-order valence-corrected chi connectivity index (χ3v) is 12.9. The number of aliphatic hydroxyl groups is 1. The van der Waals surface area contributed by atoms with Gasteiger partial charge in [-0.15, -0.1) is 0 Å². The third-order valence-electron chi connectivity index (χ3n) is 12.9. The Morgan fingerprint density at radius 2 is 1.40 bits per heavy atom. The molecule has 2 saturated heterocycles. The van der Waals surface area contributed by atoms with Crippen molar-refractivity contribution in [2.75, 3.05) is 44.9 Å². The van der Waals surface area contributed by atoms with Gasteiger partial charge in [-0.05, 0) is 81.6 Å². The molecule has 6 rings (SSSR count). The van der Waals surface area contributed by atoms with Crippen LogP contribution in [0, 0.1) is 39.7 Å². The summed E-state index contributed by atoms with van der Waals surface area (Å²) >= 11 is 0. The molecule has 0 bridgehead atoms. The summed E-state index contributed by atoms with van der Waals surface area (Å²) in [5, 5.41) is 30.8. The number of methoxy groups -OCH3 is 1. The zero-order valence-electron chi connectivity index (χ0n) is 40.5. The minimum absolute atomic E-state index is 0.169. The van der Waals surface area contributed by atoms with Crippen LogP contribution in [0.1, 0.15) is 56.5 Å². The zero-order valence-corrected chi connectivity index (χ0v) is 40.5. The highest BCUT2D eigenvalue weighted by atomic mass is 19.4. The maximum Gasteiger partial charge on any atom is 0.407 e. The molecule has 0 aliphatic carbocycles. The third kappa shape index (κ3) is 13.4.